The Morgan fingerprint density at radius 3 is 2.57 bits per heavy atom. The van der Waals surface area contributed by atoms with Crippen molar-refractivity contribution < 1.29 is 5.11 Å². The van der Waals surface area contributed by atoms with Crippen molar-refractivity contribution in [2.24, 2.45) is 0 Å². The van der Waals surface area contributed by atoms with Gasteiger partial charge in [-0.1, -0.05) is 32.9 Å². The summed E-state index contributed by atoms with van der Waals surface area (Å²) in [4.78, 5) is 5.92. The van der Waals surface area contributed by atoms with Gasteiger partial charge in [-0.2, -0.15) is 0 Å². The van der Waals surface area contributed by atoms with Crippen LogP contribution in [0.15, 0.2) is 24.3 Å². The number of phenols is 1. The maximum absolute atomic E-state index is 10.1. The van der Waals surface area contributed by atoms with Crippen molar-refractivity contribution in [3.8, 4) is 16.2 Å². The first kappa shape index (κ1) is 15.1. The van der Waals surface area contributed by atoms with E-state index in [1.165, 1.54) is 4.88 Å². The van der Waals surface area contributed by atoms with Crippen LogP contribution in [0.4, 0.5) is 0 Å². The third-order valence-corrected chi connectivity index (χ3v) is 6.73. The van der Waals surface area contributed by atoms with Crippen LogP contribution in [-0.4, -0.2) is 48.1 Å². The monoisotopic (exact) mass is 338 g/mol. The summed E-state index contributed by atoms with van der Waals surface area (Å²) in [5.41, 5.74) is 2.15. The highest BCUT2D eigenvalue weighted by atomic mass is 32.9. The second-order valence-corrected chi connectivity index (χ2v) is 8.33. The lowest BCUT2D eigenvalue weighted by atomic mass is 10.1. The maximum atomic E-state index is 10.1. The van der Waals surface area contributed by atoms with E-state index >= 15 is 0 Å². The molecule has 1 fully saturated rings. The molecule has 112 valence electrons. The Labute approximate surface area is 137 Å². The summed E-state index contributed by atoms with van der Waals surface area (Å²) in [5.74, 6) is 0.386. The summed E-state index contributed by atoms with van der Waals surface area (Å²) in [6.45, 7) is 5.09. The van der Waals surface area contributed by atoms with Gasteiger partial charge in [0.05, 0.1) is 0 Å². The smallest absolute Gasteiger partial charge is 0.120 e. The second kappa shape index (κ2) is 6.54. The number of benzene rings is 1. The van der Waals surface area contributed by atoms with Crippen LogP contribution in [0.25, 0.3) is 10.4 Å². The molecule has 0 spiro atoms. The Kier molecular flexibility index (Phi) is 4.71. The average Bonchev–Trinajstić information content (AvgIpc) is 2.90. The Morgan fingerprint density at radius 1 is 1.14 bits per heavy atom. The van der Waals surface area contributed by atoms with Gasteiger partial charge in [0.2, 0.25) is 0 Å². The molecule has 1 aromatic carbocycles. The standard InChI is InChI=1S/C15H18N2OS3/c1-16-4-6-17(7-5-16)10-12-8-11(2-3-13(12)18)14-9-15(19)21-20-14/h2-3,8-9,18H,4-7,10H2,1H3. The predicted molar refractivity (Wildman–Crippen MR) is 92.9 cm³/mol. The topological polar surface area (TPSA) is 26.7 Å². The molecular weight excluding hydrogens is 320 g/mol. The number of aromatic hydroxyl groups is 1. The molecule has 0 amide bonds. The summed E-state index contributed by atoms with van der Waals surface area (Å²) in [6.07, 6.45) is 0. The van der Waals surface area contributed by atoms with Gasteiger partial charge in [0.1, 0.15) is 9.57 Å². The summed E-state index contributed by atoms with van der Waals surface area (Å²) in [7, 11) is 5.47. The minimum atomic E-state index is 0.386. The SMILES string of the molecule is CN1CCN(Cc2cc(-c3cc(=S)ss3)ccc2O)CC1. The third kappa shape index (κ3) is 3.70. The van der Waals surface area contributed by atoms with E-state index in [-0.39, 0.29) is 0 Å². The molecule has 0 radical (unpaired) electrons. The molecular formula is C15H18N2OS3. The van der Waals surface area contributed by atoms with E-state index in [2.05, 4.69) is 22.9 Å². The highest BCUT2D eigenvalue weighted by Gasteiger charge is 2.16. The van der Waals surface area contributed by atoms with E-state index in [1.54, 1.807) is 26.7 Å². The number of phenolic OH excluding ortho intramolecular Hbond substituents is 1. The molecule has 1 saturated heterocycles. The lowest BCUT2D eigenvalue weighted by Crippen LogP contribution is -2.43. The molecule has 0 unspecified atom stereocenters. The van der Waals surface area contributed by atoms with Crippen molar-refractivity contribution in [3.05, 3.63) is 33.7 Å². The molecule has 21 heavy (non-hydrogen) atoms. The van der Waals surface area contributed by atoms with Gasteiger partial charge in [0, 0.05) is 43.2 Å². The summed E-state index contributed by atoms with van der Waals surface area (Å²) < 4.78 is 0.920. The van der Waals surface area contributed by atoms with Crippen LogP contribution in [0.5, 0.6) is 5.75 Å². The van der Waals surface area contributed by atoms with Crippen molar-refractivity contribution in [1.82, 2.24) is 9.80 Å². The van der Waals surface area contributed by atoms with Crippen molar-refractivity contribution in [3.63, 3.8) is 0 Å². The van der Waals surface area contributed by atoms with E-state index in [1.807, 2.05) is 12.1 Å². The third-order valence-electron chi connectivity index (χ3n) is 3.82. The number of rotatable bonds is 3. The molecule has 1 aromatic heterocycles. The average molecular weight is 339 g/mol. The van der Waals surface area contributed by atoms with Crippen LogP contribution >= 0.6 is 32.9 Å². The Bertz CT molecular complexity index is 672. The fraction of sp³-hybridized carbons (Fsp3) is 0.400. The minimum absolute atomic E-state index is 0.386. The van der Waals surface area contributed by atoms with Crippen molar-refractivity contribution in [2.45, 2.75) is 6.54 Å². The van der Waals surface area contributed by atoms with E-state index in [0.717, 1.165) is 47.7 Å². The molecule has 1 N–H and O–H groups in total. The van der Waals surface area contributed by atoms with Crippen LogP contribution in [0.1, 0.15) is 5.56 Å². The fourth-order valence-electron chi connectivity index (χ4n) is 2.48. The number of likely N-dealkylation sites (N-methyl/N-ethyl adjacent to an activating group) is 1. The molecule has 2 aromatic rings. The number of hydrogen-bond acceptors (Lipinski definition) is 6. The van der Waals surface area contributed by atoms with Gasteiger partial charge in [0.25, 0.3) is 0 Å². The van der Waals surface area contributed by atoms with Gasteiger partial charge in [-0.05, 0) is 36.9 Å². The number of nitrogens with zero attached hydrogens (tertiary/aromatic N) is 2. The fourth-order valence-corrected chi connectivity index (χ4v) is 4.88. The minimum Gasteiger partial charge on any atom is -0.508 e. The molecule has 2 heterocycles. The Morgan fingerprint density at radius 2 is 1.90 bits per heavy atom. The highest BCUT2D eigenvalue weighted by Crippen LogP contribution is 2.32. The number of hydrogen-bond donors (Lipinski definition) is 1. The molecule has 3 nitrogen and oxygen atoms in total. The van der Waals surface area contributed by atoms with Gasteiger partial charge in [-0.25, -0.2) is 0 Å². The van der Waals surface area contributed by atoms with Crippen LogP contribution in [0.3, 0.4) is 0 Å². The molecule has 1 aliphatic heterocycles. The predicted octanol–water partition coefficient (Wildman–Crippen LogP) is 3.66. The van der Waals surface area contributed by atoms with E-state index < -0.39 is 0 Å². The first-order valence-corrected chi connectivity index (χ1v) is 9.51. The summed E-state index contributed by atoms with van der Waals surface area (Å²) in [5, 5.41) is 10.1. The van der Waals surface area contributed by atoms with Crippen LogP contribution in [-0.2, 0) is 6.54 Å². The molecule has 0 bridgehead atoms. The lowest BCUT2D eigenvalue weighted by molar-refractivity contribution is 0.147. The maximum Gasteiger partial charge on any atom is 0.120 e. The Hall–Kier alpha value is -0.790. The lowest BCUT2D eigenvalue weighted by Gasteiger charge is -2.32. The van der Waals surface area contributed by atoms with Crippen LogP contribution in [0.2, 0.25) is 0 Å². The zero-order valence-electron chi connectivity index (χ0n) is 11.9. The molecule has 6 heteroatoms. The van der Waals surface area contributed by atoms with Crippen molar-refractivity contribution in [2.75, 3.05) is 33.2 Å². The van der Waals surface area contributed by atoms with E-state index in [0.29, 0.717) is 5.75 Å². The van der Waals surface area contributed by atoms with Crippen LogP contribution in [0, 0.1) is 3.82 Å². The van der Waals surface area contributed by atoms with Gasteiger partial charge in [-0.15, -0.1) is 0 Å². The van der Waals surface area contributed by atoms with E-state index in [4.69, 9.17) is 12.2 Å². The zero-order chi connectivity index (χ0) is 14.8. The first-order valence-electron chi connectivity index (χ1n) is 6.95. The van der Waals surface area contributed by atoms with Gasteiger partial charge in [0.15, 0.2) is 0 Å². The summed E-state index contributed by atoms with van der Waals surface area (Å²) in [6, 6.07) is 7.90. The van der Waals surface area contributed by atoms with E-state index in [9.17, 15) is 5.11 Å². The normalized spacial score (nSPS) is 17.2. The first-order chi connectivity index (χ1) is 10.1. The van der Waals surface area contributed by atoms with Crippen LogP contribution < -0.4 is 0 Å². The number of piperazine rings is 1. The van der Waals surface area contributed by atoms with Gasteiger partial charge >= 0.3 is 0 Å². The molecule has 3 rings (SSSR count). The quantitative estimate of drug-likeness (QED) is 0.682. The summed E-state index contributed by atoms with van der Waals surface area (Å²) >= 11 is 5.20. The highest BCUT2D eigenvalue weighted by molar-refractivity contribution is 7.80. The van der Waals surface area contributed by atoms with Gasteiger partial charge in [-0.3, -0.25) is 4.90 Å². The van der Waals surface area contributed by atoms with Crippen molar-refractivity contribution >= 4 is 32.9 Å². The molecule has 0 saturated carbocycles. The van der Waals surface area contributed by atoms with Gasteiger partial charge < -0.3 is 10.0 Å². The second-order valence-electron chi connectivity index (χ2n) is 5.42. The zero-order valence-corrected chi connectivity index (χ0v) is 14.4. The Balaban J connectivity index is 1.80. The molecule has 0 atom stereocenters. The van der Waals surface area contributed by atoms with Crippen molar-refractivity contribution in [1.29, 1.82) is 0 Å². The molecule has 0 aliphatic carbocycles. The molecule has 1 aliphatic rings. The largest absolute Gasteiger partial charge is 0.508 e.